The van der Waals surface area contributed by atoms with Crippen molar-refractivity contribution in [2.45, 2.75) is 24.2 Å². The summed E-state index contributed by atoms with van der Waals surface area (Å²) in [7, 11) is -3.96. The van der Waals surface area contributed by atoms with Gasteiger partial charge in [-0.05, 0) is 60.9 Å². The van der Waals surface area contributed by atoms with Crippen molar-refractivity contribution in [1.29, 1.82) is 0 Å². The van der Waals surface area contributed by atoms with Crippen molar-refractivity contribution in [2.75, 3.05) is 27.6 Å². The van der Waals surface area contributed by atoms with E-state index in [1.54, 1.807) is 35.2 Å². The lowest BCUT2D eigenvalue weighted by Crippen LogP contribution is -2.29. The number of para-hydroxylation sites is 1. The van der Waals surface area contributed by atoms with E-state index < -0.39 is 15.9 Å². The van der Waals surface area contributed by atoms with Crippen molar-refractivity contribution >= 4 is 50.5 Å². The normalized spacial score (nSPS) is 15.5. The van der Waals surface area contributed by atoms with Crippen molar-refractivity contribution in [2.24, 2.45) is 0 Å². The van der Waals surface area contributed by atoms with Crippen LogP contribution in [0.2, 0.25) is 5.02 Å². The summed E-state index contributed by atoms with van der Waals surface area (Å²) < 4.78 is 28.2. The highest BCUT2D eigenvalue weighted by molar-refractivity contribution is 7.93. The molecule has 2 heterocycles. The highest BCUT2D eigenvalue weighted by Gasteiger charge is 2.32. The third-order valence-corrected chi connectivity index (χ3v) is 8.39. The standard InChI is InChI=1S/C25H22ClN3O4S/c26-21-11-10-18(15-23(21)34(32,33)29-14-12-17-5-1-2-8-22(17)29)25(31)27-19-6-3-7-20(16-19)28-13-4-9-24(28)30/h1-3,5-8,10-11,15-16H,4,9,12-14H2,(H,27,31). The molecule has 1 fully saturated rings. The molecule has 0 bridgehead atoms. The lowest BCUT2D eigenvalue weighted by atomic mass is 10.2. The molecule has 0 saturated carbocycles. The first kappa shape index (κ1) is 22.4. The minimum Gasteiger partial charge on any atom is -0.322 e. The van der Waals surface area contributed by atoms with Crippen LogP contribution in [-0.2, 0) is 21.2 Å². The van der Waals surface area contributed by atoms with Gasteiger partial charge in [-0.15, -0.1) is 0 Å². The lowest BCUT2D eigenvalue weighted by molar-refractivity contribution is -0.117. The zero-order chi connectivity index (χ0) is 23.9. The topological polar surface area (TPSA) is 86.8 Å². The molecule has 0 aliphatic carbocycles. The van der Waals surface area contributed by atoms with Crippen LogP contribution < -0.4 is 14.5 Å². The second-order valence-electron chi connectivity index (χ2n) is 8.25. The quantitative estimate of drug-likeness (QED) is 0.565. The monoisotopic (exact) mass is 495 g/mol. The van der Waals surface area contributed by atoms with Crippen molar-refractivity contribution in [3.8, 4) is 0 Å². The number of sulfonamides is 1. The molecule has 0 atom stereocenters. The number of anilines is 3. The van der Waals surface area contributed by atoms with Gasteiger partial charge in [0.2, 0.25) is 5.91 Å². The van der Waals surface area contributed by atoms with Crippen molar-refractivity contribution in [3.63, 3.8) is 0 Å². The van der Waals surface area contributed by atoms with Crippen LogP contribution >= 0.6 is 11.6 Å². The molecule has 2 aliphatic rings. The van der Waals surface area contributed by atoms with Gasteiger partial charge in [0.25, 0.3) is 15.9 Å². The molecule has 0 spiro atoms. The molecular weight excluding hydrogens is 474 g/mol. The van der Waals surface area contributed by atoms with E-state index in [-0.39, 0.29) is 21.4 Å². The Balaban J connectivity index is 1.41. The van der Waals surface area contributed by atoms with Crippen LogP contribution in [0, 0.1) is 0 Å². The summed E-state index contributed by atoms with van der Waals surface area (Å²) in [5.41, 5.74) is 2.97. The van der Waals surface area contributed by atoms with Crippen LogP contribution in [0.4, 0.5) is 17.1 Å². The number of nitrogens with one attached hydrogen (secondary N) is 1. The maximum absolute atomic E-state index is 13.4. The first-order chi connectivity index (χ1) is 16.3. The molecule has 7 nitrogen and oxygen atoms in total. The van der Waals surface area contributed by atoms with Crippen LogP contribution in [0.1, 0.15) is 28.8 Å². The summed E-state index contributed by atoms with van der Waals surface area (Å²) in [4.78, 5) is 26.6. The summed E-state index contributed by atoms with van der Waals surface area (Å²) >= 11 is 6.28. The van der Waals surface area contributed by atoms with E-state index in [2.05, 4.69) is 5.32 Å². The Labute approximate surface area is 203 Å². The Bertz CT molecular complexity index is 1410. The molecule has 174 valence electrons. The van der Waals surface area contributed by atoms with Crippen molar-refractivity contribution in [3.05, 3.63) is 82.9 Å². The molecule has 34 heavy (non-hydrogen) atoms. The highest BCUT2D eigenvalue weighted by atomic mass is 35.5. The van der Waals surface area contributed by atoms with E-state index in [9.17, 15) is 18.0 Å². The predicted octanol–water partition coefficient (Wildman–Crippen LogP) is 4.47. The molecule has 0 aromatic heterocycles. The van der Waals surface area contributed by atoms with Gasteiger partial charge in [-0.25, -0.2) is 8.42 Å². The Kier molecular flexibility index (Phi) is 5.79. The average molecular weight is 496 g/mol. The van der Waals surface area contributed by atoms with Crippen LogP contribution in [0.25, 0.3) is 0 Å². The van der Waals surface area contributed by atoms with Gasteiger partial charge in [0.1, 0.15) is 4.90 Å². The molecule has 3 aromatic carbocycles. The minimum atomic E-state index is -3.96. The van der Waals surface area contributed by atoms with Crippen LogP contribution in [0.5, 0.6) is 0 Å². The average Bonchev–Trinajstić information content (AvgIpc) is 3.46. The smallest absolute Gasteiger partial charge is 0.265 e. The first-order valence-electron chi connectivity index (χ1n) is 11.0. The maximum Gasteiger partial charge on any atom is 0.265 e. The molecule has 2 aliphatic heterocycles. The van der Waals surface area contributed by atoms with Gasteiger partial charge in [-0.1, -0.05) is 35.9 Å². The fraction of sp³-hybridized carbons (Fsp3) is 0.200. The SMILES string of the molecule is O=C(Nc1cccc(N2CCCC2=O)c1)c1ccc(Cl)c(S(=O)(=O)N2CCc3ccccc32)c1. The van der Waals surface area contributed by atoms with E-state index in [1.807, 2.05) is 18.2 Å². The zero-order valence-corrected chi connectivity index (χ0v) is 19.8. The molecular formula is C25H22ClN3O4S. The van der Waals surface area contributed by atoms with Crippen LogP contribution in [0.3, 0.4) is 0 Å². The molecule has 5 rings (SSSR count). The molecule has 1 saturated heterocycles. The largest absolute Gasteiger partial charge is 0.322 e. The summed E-state index contributed by atoms with van der Waals surface area (Å²) in [6.45, 7) is 0.963. The van der Waals surface area contributed by atoms with Gasteiger partial charge in [0.15, 0.2) is 0 Å². The third kappa shape index (κ3) is 4.03. The Hall–Kier alpha value is -3.36. The van der Waals surface area contributed by atoms with E-state index >= 15 is 0 Å². The Morgan fingerprint density at radius 1 is 0.941 bits per heavy atom. The summed E-state index contributed by atoms with van der Waals surface area (Å²) in [6, 6.07) is 18.6. The lowest BCUT2D eigenvalue weighted by Gasteiger charge is -2.20. The van der Waals surface area contributed by atoms with Gasteiger partial charge < -0.3 is 10.2 Å². The van der Waals surface area contributed by atoms with Gasteiger partial charge in [0.05, 0.1) is 10.7 Å². The van der Waals surface area contributed by atoms with E-state index in [4.69, 9.17) is 11.6 Å². The molecule has 2 amide bonds. The number of rotatable bonds is 5. The number of carbonyl (C=O) groups excluding carboxylic acids is 2. The molecule has 3 aromatic rings. The summed E-state index contributed by atoms with van der Waals surface area (Å²) in [5, 5.41) is 2.84. The molecule has 9 heteroatoms. The number of halogens is 1. The second kappa shape index (κ2) is 8.77. The number of amides is 2. The van der Waals surface area contributed by atoms with Gasteiger partial charge in [-0.2, -0.15) is 0 Å². The number of nitrogens with zero attached hydrogens (tertiary/aromatic N) is 2. The number of fused-ring (bicyclic) bond motifs is 1. The van der Waals surface area contributed by atoms with Crippen molar-refractivity contribution in [1.82, 2.24) is 0 Å². The van der Waals surface area contributed by atoms with Gasteiger partial charge in [-0.3, -0.25) is 13.9 Å². The number of hydrogen-bond donors (Lipinski definition) is 1. The van der Waals surface area contributed by atoms with Crippen molar-refractivity contribution < 1.29 is 18.0 Å². The number of carbonyl (C=O) groups is 2. The van der Waals surface area contributed by atoms with Gasteiger partial charge in [0, 0.05) is 36.4 Å². The predicted molar refractivity (Wildman–Crippen MR) is 132 cm³/mol. The summed E-state index contributed by atoms with van der Waals surface area (Å²) in [6.07, 6.45) is 1.93. The highest BCUT2D eigenvalue weighted by Crippen LogP contribution is 2.35. The Morgan fingerprint density at radius 3 is 2.56 bits per heavy atom. The Morgan fingerprint density at radius 2 is 1.76 bits per heavy atom. The van der Waals surface area contributed by atoms with Crippen LogP contribution in [-0.4, -0.2) is 33.3 Å². The third-order valence-electron chi connectivity index (χ3n) is 6.10. The van der Waals surface area contributed by atoms with Gasteiger partial charge >= 0.3 is 0 Å². The summed E-state index contributed by atoms with van der Waals surface area (Å²) in [5.74, 6) is -0.417. The fourth-order valence-corrected chi connectivity index (χ4v) is 6.40. The molecule has 0 radical (unpaired) electrons. The second-order valence-corrected chi connectivity index (χ2v) is 10.5. The minimum absolute atomic E-state index is 0.0514. The van der Waals surface area contributed by atoms with E-state index in [1.165, 1.54) is 22.5 Å². The first-order valence-corrected chi connectivity index (χ1v) is 12.8. The maximum atomic E-state index is 13.4. The number of hydrogen-bond acceptors (Lipinski definition) is 4. The van der Waals surface area contributed by atoms with E-state index in [0.717, 1.165) is 12.0 Å². The molecule has 0 unspecified atom stereocenters. The zero-order valence-electron chi connectivity index (χ0n) is 18.2. The van der Waals surface area contributed by atoms with E-state index in [0.29, 0.717) is 43.0 Å². The fourth-order valence-electron chi connectivity index (χ4n) is 4.39. The molecule has 1 N–H and O–H groups in total. The van der Waals surface area contributed by atoms with Crippen LogP contribution in [0.15, 0.2) is 71.6 Å². The number of benzene rings is 3.